The SMILES string of the molecule is CCC(=O)Nc1c(C)noc1C=Cc1ccc(S(=O)(=O)N2CCCCC2C)cc1. The Hall–Kier alpha value is -2.45. The average Bonchev–Trinajstić information content (AvgIpc) is 3.06. The van der Waals surface area contributed by atoms with Crippen LogP contribution in [0.2, 0.25) is 0 Å². The first-order chi connectivity index (χ1) is 13.8. The van der Waals surface area contributed by atoms with E-state index in [1.165, 1.54) is 0 Å². The third-order valence-electron chi connectivity index (χ3n) is 5.13. The van der Waals surface area contributed by atoms with Crippen molar-refractivity contribution in [2.75, 3.05) is 11.9 Å². The number of nitrogens with one attached hydrogen (secondary N) is 1. The van der Waals surface area contributed by atoms with Crippen LogP contribution in [0.4, 0.5) is 5.69 Å². The molecule has 0 radical (unpaired) electrons. The van der Waals surface area contributed by atoms with Gasteiger partial charge < -0.3 is 9.84 Å². The maximum Gasteiger partial charge on any atom is 0.243 e. The van der Waals surface area contributed by atoms with Crippen LogP contribution in [-0.2, 0) is 14.8 Å². The summed E-state index contributed by atoms with van der Waals surface area (Å²) in [5.74, 6) is 0.329. The fourth-order valence-corrected chi connectivity index (χ4v) is 5.07. The Labute approximate surface area is 171 Å². The molecule has 1 amide bonds. The minimum Gasteiger partial charge on any atom is -0.354 e. The van der Waals surface area contributed by atoms with Crippen molar-refractivity contribution in [3.8, 4) is 0 Å². The van der Waals surface area contributed by atoms with E-state index in [9.17, 15) is 13.2 Å². The number of aromatic nitrogens is 1. The highest BCUT2D eigenvalue weighted by Crippen LogP contribution is 2.26. The summed E-state index contributed by atoms with van der Waals surface area (Å²) in [7, 11) is -3.48. The molecule has 0 spiro atoms. The molecule has 2 aromatic rings. The highest BCUT2D eigenvalue weighted by atomic mass is 32.2. The molecule has 156 valence electrons. The third kappa shape index (κ3) is 4.76. The zero-order chi connectivity index (χ0) is 21.0. The van der Waals surface area contributed by atoms with Crippen molar-refractivity contribution in [2.24, 2.45) is 0 Å². The summed E-state index contributed by atoms with van der Waals surface area (Å²) >= 11 is 0. The summed E-state index contributed by atoms with van der Waals surface area (Å²) in [4.78, 5) is 12.0. The summed E-state index contributed by atoms with van der Waals surface area (Å²) in [6.07, 6.45) is 6.73. The van der Waals surface area contributed by atoms with E-state index >= 15 is 0 Å². The molecule has 1 aliphatic heterocycles. The number of hydrogen-bond donors (Lipinski definition) is 1. The molecular formula is C21H27N3O4S. The van der Waals surface area contributed by atoms with Crippen LogP contribution in [0, 0.1) is 6.92 Å². The van der Waals surface area contributed by atoms with Crippen LogP contribution in [0.5, 0.6) is 0 Å². The lowest BCUT2D eigenvalue weighted by atomic mass is 10.1. The standard InChI is InChI=1S/C21H27N3O4S/c1-4-20(25)22-21-16(3)23-28-19(21)13-10-17-8-11-18(12-9-17)29(26,27)24-14-6-5-7-15(24)2/h8-13,15H,4-7,14H2,1-3H3,(H,22,25). The van der Waals surface area contributed by atoms with Crippen molar-refractivity contribution in [1.29, 1.82) is 0 Å². The number of sulfonamides is 1. The number of anilines is 1. The Kier molecular flexibility index (Phi) is 6.54. The van der Waals surface area contributed by atoms with Gasteiger partial charge in [-0.05, 0) is 50.5 Å². The van der Waals surface area contributed by atoms with Crippen LogP contribution < -0.4 is 5.32 Å². The lowest BCUT2D eigenvalue weighted by Crippen LogP contribution is -2.41. The van der Waals surface area contributed by atoms with Crippen molar-refractivity contribution in [2.45, 2.75) is 57.4 Å². The zero-order valence-electron chi connectivity index (χ0n) is 17.0. The molecule has 0 saturated carbocycles. The topological polar surface area (TPSA) is 92.5 Å². The number of benzene rings is 1. The maximum atomic E-state index is 12.9. The smallest absolute Gasteiger partial charge is 0.243 e. The molecule has 1 unspecified atom stereocenters. The summed E-state index contributed by atoms with van der Waals surface area (Å²) < 4.78 is 32.7. The van der Waals surface area contributed by atoms with Gasteiger partial charge >= 0.3 is 0 Å². The van der Waals surface area contributed by atoms with E-state index in [-0.39, 0.29) is 11.9 Å². The Bertz CT molecular complexity index is 993. The lowest BCUT2D eigenvalue weighted by Gasteiger charge is -2.32. The summed E-state index contributed by atoms with van der Waals surface area (Å²) in [5.41, 5.74) is 1.97. The van der Waals surface area contributed by atoms with Gasteiger partial charge in [0.25, 0.3) is 0 Å². The Morgan fingerprint density at radius 1 is 1.28 bits per heavy atom. The van der Waals surface area contributed by atoms with Crippen molar-refractivity contribution in [1.82, 2.24) is 9.46 Å². The second-order valence-electron chi connectivity index (χ2n) is 7.27. The first kappa shape index (κ1) is 21.3. The quantitative estimate of drug-likeness (QED) is 0.765. The molecule has 1 aromatic heterocycles. The minimum atomic E-state index is -3.48. The zero-order valence-corrected chi connectivity index (χ0v) is 17.8. The van der Waals surface area contributed by atoms with Gasteiger partial charge in [-0.25, -0.2) is 8.42 Å². The van der Waals surface area contributed by atoms with Gasteiger partial charge in [-0.2, -0.15) is 4.31 Å². The monoisotopic (exact) mass is 417 g/mol. The molecule has 1 aliphatic rings. The number of hydrogen-bond acceptors (Lipinski definition) is 5. The number of carbonyl (C=O) groups excluding carboxylic acids is 1. The molecule has 1 aromatic carbocycles. The predicted molar refractivity (Wildman–Crippen MR) is 113 cm³/mol. The van der Waals surface area contributed by atoms with E-state index < -0.39 is 10.0 Å². The molecule has 29 heavy (non-hydrogen) atoms. The molecule has 1 fully saturated rings. The van der Waals surface area contributed by atoms with Gasteiger partial charge in [-0.15, -0.1) is 0 Å². The summed E-state index contributed by atoms with van der Waals surface area (Å²) in [6.45, 7) is 6.06. The Morgan fingerprint density at radius 3 is 2.66 bits per heavy atom. The van der Waals surface area contributed by atoms with Crippen molar-refractivity contribution < 1.29 is 17.7 Å². The van der Waals surface area contributed by atoms with Crippen LogP contribution in [0.1, 0.15) is 56.5 Å². The molecule has 7 nitrogen and oxygen atoms in total. The second-order valence-corrected chi connectivity index (χ2v) is 9.16. The van der Waals surface area contributed by atoms with Crippen LogP contribution >= 0.6 is 0 Å². The first-order valence-electron chi connectivity index (χ1n) is 9.89. The minimum absolute atomic E-state index is 0.0276. The van der Waals surface area contributed by atoms with E-state index in [4.69, 9.17) is 4.52 Å². The number of rotatable bonds is 6. The lowest BCUT2D eigenvalue weighted by molar-refractivity contribution is -0.115. The molecule has 1 saturated heterocycles. The van der Waals surface area contributed by atoms with Crippen molar-refractivity contribution >= 4 is 33.8 Å². The highest BCUT2D eigenvalue weighted by molar-refractivity contribution is 7.89. The van der Waals surface area contributed by atoms with Gasteiger partial charge in [0.15, 0.2) is 5.76 Å². The number of aryl methyl sites for hydroxylation is 1. The van der Waals surface area contributed by atoms with E-state index in [2.05, 4.69) is 10.5 Å². The number of amides is 1. The molecule has 0 aliphatic carbocycles. The molecule has 2 heterocycles. The largest absolute Gasteiger partial charge is 0.354 e. The van der Waals surface area contributed by atoms with Crippen LogP contribution in [0.15, 0.2) is 33.7 Å². The molecule has 8 heteroatoms. The van der Waals surface area contributed by atoms with Gasteiger partial charge in [-0.1, -0.05) is 36.7 Å². The van der Waals surface area contributed by atoms with Gasteiger partial charge in [0.05, 0.1) is 4.90 Å². The highest BCUT2D eigenvalue weighted by Gasteiger charge is 2.30. The summed E-state index contributed by atoms with van der Waals surface area (Å²) in [6, 6.07) is 6.79. The number of piperidine rings is 1. The summed E-state index contributed by atoms with van der Waals surface area (Å²) in [5, 5.41) is 6.68. The second kappa shape index (κ2) is 8.92. The Balaban J connectivity index is 1.77. The van der Waals surface area contributed by atoms with Crippen LogP contribution in [0.3, 0.4) is 0 Å². The van der Waals surface area contributed by atoms with Crippen LogP contribution in [0.25, 0.3) is 12.2 Å². The maximum absolute atomic E-state index is 12.9. The van der Waals surface area contributed by atoms with Gasteiger partial charge in [-0.3, -0.25) is 4.79 Å². The molecule has 1 atom stereocenters. The normalized spacial score (nSPS) is 18.2. The van der Waals surface area contributed by atoms with Gasteiger partial charge in [0.2, 0.25) is 15.9 Å². The average molecular weight is 418 g/mol. The van der Waals surface area contributed by atoms with E-state index in [1.807, 2.05) is 6.92 Å². The van der Waals surface area contributed by atoms with E-state index in [0.29, 0.717) is 35.0 Å². The predicted octanol–water partition coefficient (Wildman–Crippen LogP) is 4.07. The molecule has 1 N–H and O–H groups in total. The van der Waals surface area contributed by atoms with Crippen molar-refractivity contribution in [3.63, 3.8) is 0 Å². The third-order valence-corrected chi connectivity index (χ3v) is 7.16. The number of nitrogens with zero attached hydrogens (tertiary/aromatic N) is 2. The molecular weight excluding hydrogens is 390 g/mol. The van der Waals surface area contributed by atoms with Gasteiger partial charge in [0, 0.05) is 19.0 Å². The fourth-order valence-electron chi connectivity index (χ4n) is 3.37. The van der Waals surface area contributed by atoms with Crippen LogP contribution in [-0.4, -0.2) is 36.4 Å². The first-order valence-corrected chi connectivity index (χ1v) is 11.3. The molecule has 0 bridgehead atoms. The van der Waals surface area contributed by atoms with E-state index in [1.54, 1.807) is 54.6 Å². The van der Waals surface area contributed by atoms with Gasteiger partial charge in [0.1, 0.15) is 11.4 Å². The molecule has 3 rings (SSSR count). The van der Waals surface area contributed by atoms with E-state index in [0.717, 1.165) is 24.8 Å². The van der Waals surface area contributed by atoms with Crippen molar-refractivity contribution in [3.05, 3.63) is 41.3 Å². The Morgan fingerprint density at radius 2 is 2.00 bits per heavy atom. The fraction of sp³-hybridized carbons (Fsp3) is 0.429. The number of carbonyl (C=O) groups is 1.